The van der Waals surface area contributed by atoms with Crippen LogP contribution in [0.3, 0.4) is 0 Å². The summed E-state index contributed by atoms with van der Waals surface area (Å²) >= 11 is 1.79. The molecule has 194 valence electrons. The zero-order valence-corrected chi connectivity index (χ0v) is 20.9. The Morgan fingerprint density at radius 2 is 1.06 bits per heavy atom. The van der Waals surface area contributed by atoms with Crippen LogP contribution in [-0.4, -0.2) is 5.97 Å². The van der Waals surface area contributed by atoms with E-state index in [2.05, 4.69) is 60.2 Å². The van der Waals surface area contributed by atoms with Crippen molar-refractivity contribution < 1.29 is 31.5 Å². The fourth-order valence-electron chi connectivity index (χ4n) is 3.18. The number of hydrogen-bond donors (Lipinski definition) is 0. The summed E-state index contributed by atoms with van der Waals surface area (Å²) in [5.41, 5.74) is 0. The van der Waals surface area contributed by atoms with Crippen molar-refractivity contribution >= 4 is 17.7 Å². The lowest BCUT2D eigenvalue weighted by Gasteiger charge is -2.08. The van der Waals surface area contributed by atoms with Gasteiger partial charge < -0.3 is 4.74 Å². The van der Waals surface area contributed by atoms with Crippen LogP contribution in [0.15, 0.2) is 70.5 Å². The number of halogens is 5. The Bertz CT molecular complexity index is 1010. The third-order valence-corrected chi connectivity index (χ3v) is 6.11. The summed E-state index contributed by atoms with van der Waals surface area (Å²) in [6, 6.07) is 20.8. The lowest BCUT2D eigenvalue weighted by Crippen LogP contribution is -2.13. The molecule has 0 saturated carbocycles. The molecule has 0 fully saturated rings. The zero-order valence-electron chi connectivity index (χ0n) is 20.0. The Kier molecular flexibility index (Phi) is 13.0. The number of benzene rings is 3. The van der Waals surface area contributed by atoms with Crippen LogP contribution in [-0.2, 0) is 4.79 Å². The normalized spacial score (nSPS) is 10.5. The Hall–Kier alpha value is -2.87. The molecule has 3 rings (SSSR count). The smallest absolute Gasteiger partial charge is 0.311 e. The van der Waals surface area contributed by atoms with E-state index in [0.717, 1.165) is 38.5 Å². The fraction of sp³-hybridized carbons (Fsp3) is 0.321. The molecule has 0 aliphatic heterocycles. The number of carbonyl (C=O) groups is 1. The van der Waals surface area contributed by atoms with Crippen molar-refractivity contribution in [2.75, 3.05) is 0 Å². The van der Waals surface area contributed by atoms with Crippen LogP contribution < -0.4 is 4.74 Å². The van der Waals surface area contributed by atoms with Crippen molar-refractivity contribution in [2.45, 2.75) is 68.1 Å². The topological polar surface area (TPSA) is 26.3 Å². The SMILES string of the molecule is CCCCCCCCCC(=O)Oc1c(F)c(F)c(F)c(F)c1F.c1ccc(Sc2ccccc2)cc1. The maximum absolute atomic E-state index is 13.3. The Labute approximate surface area is 212 Å². The summed E-state index contributed by atoms with van der Waals surface area (Å²) in [6.45, 7) is 2.09. The van der Waals surface area contributed by atoms with Gasteiger partial charge in [-0.1, -0.05) is 93.6 Å². The van der Waals surface area contributed by atoms with E-state index in [9.17, 15) is 26.7 Å². The minimum Gasteiger partial charge on any atom is -0.420 e. The van der Waals surface area contributed by atoms with Gasteiger partial charge in [-0.2, -0.15) is 8.78 Å². The number of carbonyl (C=O) groups excluding carboxylic acids is 1. The first-order valence-corrected chi connectivity index (χ1v) is 12.7. The predicted molar refractivity (Wildman–Crippen MR) is 131 cm³/mol. The largest absolute Gasteiger partial charge is 0.420 e. The molecule has 0 heterocycles. The van der Waals surface area contributed by atoms with E-state index in [0.29, 0.717) is 6.42 Å². The van der Waals surface area contributed by atoms with Crippen molar-refractivity contribution in [1.82, 2.24) is 0 Å². The van der Waals surface area contributed by atoms with E-state index < -0.39 is 40.8 Å². The van der Waals surface area contributed by atoms with Crippen LogP contribution >= 0.6 is 11.8 Å². The maximum Gasteiger partial charge on any atom is 0.311 e. The zero-order chi connectivity index (χ0) is 26.3. The molecule has 0 bridgehead atoms. The van der Waals surface area contributed by atoms with Gasteiger partial charge in [0.2, 0.25) is 34.8 Å². The molecule has 0 spiro atoms. The van der Waals surface area contributed by atoms with Crippen LogP contribution in [0.4, 0.5) is 22.0 Å². The molecule has 8 heteroatoms. The van der Waals surface area contributed by atoms with Crippen molar-refractivity contribution in [2.24, 2.45) is 0 Å². The third kappa shape index (κ3) is 9.64. The molecule has 0 N–H and O–H groups in total. The minimum atomic E-state index is -2.29. The van der Waals surface area contributed by atoms with Crippen molar-refractivity contribution in [3.63, 3.8) is 0 Å². The first-order valence-electron chi connectivity index (χ1n) is 11.8. The third-order valence-electron chi connectivity index (χ3n) is 5.09. The fourth-order valence-corrected chi connectivity index (χ4v) is 4.04. The quantitative estimate of drug-likeness (QED) is 0.0624. The standard InChI is InChI=1S/C16H19F5O2.C12H10S/c1-2-3-4-5-6-7-8-9-10(22)23-16-14(20)12(18)11(17)13(19)15(16)21;1-3-7-11(8-4-1)13-12-9-5-2-6-10-12/h2-9H2,1H3;1-10H. The molecule has 3 aromatic carbocycles. The van der Waals surface area contributed by atoms with Gasteiger partial charge in [0.25, 0.3) is 0 Å². The molecule has 0 atom stereocenters. The second-order valence-electron chi connectivity index (χ2n) is 7.97. The first kappa shape index (κ1) is 29.4. The van der Waals surface area contributed by atoms with Gasteiger partial charge in [-0.3, -0.25) is 4.79 Å². The molecule has 36 heavy (non-hydrogen) atoms. The summed E-state index contributed by atoms with van der Waals surface area (Å²) in [4.78, 5) is 14.0. The number of hydrogen-bond acceptors (Lipinski definition) is 3. The van der Waals surface area contributed by atoms with Crippen molar-refractivity contribution in [1.29, 1.82) is 0 Å². The van der Waals surface area contributed by atoms with Crippen LogP contribution in [0.25, 0.3) is 0 Å². The molecular weight excluding hydrogens is 495 g/mol. The second kappa shape index (κ2) is 16.0. The molecule has 0 aromatic heterocycles. The molecule has 0 unspecified atom stereocenters. The van der Waals surface area contributed by atoms with Gasteiger partial charge in [0.15, 0.2) is 0 Å². The molecule has 0 radical (unpaired) electrons. The number of rotatable bonds is 11. The highest BCUT2D eigenvalue weighted by Crippen LogP contribution is 2.29. The monoisotopic (exact) mass is 524 g/mol. The molecule has 0 aliphatic rings. The molecule has 0 aliphatic carbocycles. The summed E-state index contributed by atoms with van der Waals surface area (Å²) in [6.07, 6.45) is 6.32. The second-order valence-corrected chi connectivity index (χ2v) is 9.12. The average molecular weight is 525 g/mol. The summed E-state index contributed by atoms with van der Waals surface area (Å²) in [5, 5.41) is 0. The minimum absolute atomic E-state index is 0.146. The Balaban J connectivity index is 0.000000293. The van der Waals surface area contributed by atoms with Gasteiger partial charge in [0.05, 0.1) is 0 Å². The van der Waals surface area contributed by atoms with Gasteiger partial charge in [-0.05, 0) is 30.7 Å². The van der Waals surface area contributed by atoms with E-state index in [1.165, 1.54) is 9.79 Å². The lowest BCUT2D eigenvalue weighted by atomic mass is 10.1. The summed E-state index contributed by atoms with van der Waals surface area (Å²) < 4.78 is 69.7. The summed E-state index contributed by atoms with van der Waals surface area (Å²) in [5.74, 6) is -13.4. The van der Waals surface area contributed by atoms with E-state index in [1.807, 2.05) is 12.1 Å². The summed E-state index contributed by atoms with van der Waals surface area (Å²) in [7, 11) is 0. The van der Waals surface area contributed by atoms with Gasteiger partial charge >= 0.3 is 5.97 Å². The number of ether oxygens (including phenoxy) is 1. The van der Waals surface area contributed by atoms with Gasteiger partial charge in [0.1, 0.15) is 0 Å². The Morgan fingerprint density at radius 3 is 1.53 bits per heavy atom. The highest BCUT2D eigenvalue weighted by atomic mass is 32.2. The van der Waals surface area contributed by atoms with E-state index >= 15 is 0 Å². The molecular formula is C28H29F5O2S. The highest BCUT2D eigenvalue weighted by Gasteiger charge is 2.28. The lowest BCUT2D eigenvalue weighted by molar-refractivity contribution is -0.135. The van der Waals surface area contributed by atoms with Gasteiger partial charge in [-0.15, -0.1) is 0 Å². The van der Waals surface area contributed by atoms with Crippen LogP contribution in [0.5, 0.6) is 5.75 Å². The van der Waals surface area contributed by atoms with Crippen LogP contribution in [0.1, 0.15) is 58.3 Å². The molecule has 0 amide bonds. The molecule has 2 nitrogen and oxygen atoms in total. The average Bonchev–Trinajstić information content (AvgIpc) is 2.90. The van der Waals surface area contributed by atoms with Gasteiger partial charge in [-0.25, -0.2) is 13.2 Å². The van der Waals surface area contributed by atoms with Crippen LogP contribution in [0.2, 0.25) is 0 Å². The highest BCUT2D eigenvalue weighted by molar-refractivity contribution is 7.99. The van der Waals surface area contributed by atoms with Crippen LogP contribution in [0, 0.1) is 29.1 Å². The molecule has 0 saturated heterocycles. The number of unbranched alkanes of at least 4 members (excludes halogenated alkanes) is 6. The van der Waals surface area contributed by atoms with Crippen molar-refractivity contribution in [3.05, 3.63) is 89.7 Å². The molecule has 3 aromatic rings. The van der Waals surface area contributed by atoms with Gasteiger partial charge in [0, 0.05) is 16.2 Å². The predicted octanol–water partition coefficient (Wildman–Crippen LogP) is 9.27. The van der Waals surface area contributed by atoms with E-state index in [4.69, 9.17) is 0 Å². The van der Waals surface area contributed by atoms with E-state index in [-0.39, 0.29) is 6.42 Å². The first-order chi connectivity index (χ1) is 17.3. The Morgan fingerprint density at radius 1 is 0.639 bits per heavy atom. The van der Waals surface area contributed by atoms with E-state index in [1.54, 1.807) is 11.8 Å². The number of esters is 1. The van der Waals surface area contributed by atoms with Crippen molar-refractivity contribution in [3.8, 4) is 5.75 Å². The maximum atomic E-state index is 13.3.